The van der Waals surface area contributed by atoms with Gasteiger partial charge < -0.3 is 15.4 Å². The number of nitrogens with zero attached hydrogens (tertiary/aromatic N) is 2. The van der Waals surface area contributed by atoms with E-state index < -0.39 is 6.61 Å². The van der Waals surface area contributed by atoms with Crippen molar-refractivity contribution in [2.24, 2.45) is 0 Å². The van der Waals surface area contributed by atoms with Crippen LogP contribution < -0.4 is 15.4 Å². The molecule has 2 aliphatic rings. The van der Waals surface area contributed by atoms with Gasteiger partial charge in [-0.1, -0.05) is 0 Å². The van der Waals surface area contributed by atoms with Crippen LogP contribution in [-0.4, -0.2) is 22.6 Å². The third kappa shape index (κ3) is 3.90. The second-order valence-corrected chi connectivity index (χ2v) is 6.22. The molecule has 126 valence electrons. The van der Waals surface area contributed by atoms with E-state index >= 15 is 0 Å². The number of nitrogens with one attached hydrogen (secondary N) is 2. The van der Waals surface area contributed by atoms with Gasteiger partial charge in [0.05, 0.1) is 5.69 Å². The van der Waals surface area contributed by atoms with Crippen LogP contribution in [0.1, 0.15) is 37.3 Å². The smallest absolute Gasteiger partial charge is 0.387 e. The van der Waals surface area contributed by atoms with Gasteiger partial charge in [0.15, 0.2) is 0 Å². The summed E-state index contributed by atoms with van der Waals surface area (Å²) in [6.07, 6.45) is 4.65. The fourth-order valence-corrected chi connectivity index (χ4v) is 2.46. The molecule has 7 heteroatoms. The first-order valence-corrected chi connectivity index (χ1v) is 8.13. The summed E-state index contributed by atoms with van der Waals surface area (Å²) in [5, 5.41) is 6.54. The first-order valence-electron chi connectivity index (χ1n) is 8.13. The van der Waals surface area contributed by atoms with Crippen molar-refractivity contribution in [3.63, 3.8) is 0 Å². The lowest BCUT2D eigenvalue weighted by atomic mass is 10.2. The van der Waals surface area contributed by atoms with Gasteiger partial charge in [-0.3, -0.25) is 0 Å². The van der Waals surface area contributed by atoms with Crippen LogP contribution in [0.15, 0.2) is 30.3 Å². The molecule has 0 unspecified atom stereocenters. The minimum Gasteiger partial charge on any atom is -0.435 e. The summed E-state index contributed by atoms with van der Waals surface area (Å²) in [5.74, 6) is 2.02. The van der Waals surface area contributed by atoms with Gasteiger partial charge in [-0.25, -0.2) is 4.98 Å². The van der Waals surface area contributed by atoms with Crippen LogP contribution in [0.5, 0.6) is 5.75 Å². The molecule has 24 heavy (non-hydrogen) atoms. The molecule has 0 radical (unpaired) electrons. The van der Waals surface area contributed by atoms with Crippen molar-refractivity contribution in [1.29, 1.82) is 0 Å². The van der Waals surface area contributed by atoms with Crippen LogP contribution in [0, 0.1) is 0 Å². The van der Waals surface area contributed by atoms with Gasteiger partial charge in [-0.2, -0.15) is 13.8 Å². The van der Waals surface area contributed by atoms with Crippen LogP contribution in [-0.2, 0) is 0 Å². The number of aromatic nitrogens is 2. The summed E-state index contributed by atoms with van der Waals surface area (Å²) in [5.41, 5.74) is 1.81. The number of anilines is 3. The molecule has 0 saturated heterocycles. The van der Waals surface area contributed by atoms with Crippen molar-refractivity contribution in [2.45, 2.75) is 44.3 Å². The number of alkyl halides is 2. The summed E-state index contributed by atoms with van der Waals surface area (Å²) < 4.78 is 28.7. The molecular formula is C17H18F2N4O. The fraction of sp³-hybridized carbons (Fsp3) is 0.412. The highest BCUT2D eigenvalue weighted by Gasteiger charge is 2.27. The number of hydrogen-bond acceptors (Lipinski definition) is 5. The summed E-state index contributed by atoms with van der Waals surface area (Å²) in [6, 6.07) is 8.81. The van der Waals surface area contributed by atoms with Crippen LogP contribution >= 0.6 is 0 Å². The first-order chi connectivity index (χ1) is 11.7. The Morgan fingerprint density at radius 3 is 2.42 bits per heavy atom. The Morgan fingerprint density at radius 2 is 1.79 bits per heavy atom. The Hall–Kier alpha value is -2.44. The Kier molecular flexibility index (Phi) is 3.92. The summed E-state index contributed by atoms with van der Waals surface area (Å²) >= 11 is 0. The zero-order valence-electron chi connectivity index (χ0n) is 13.0. The molecule has 2 aromatic rings. The lowest BCUT2D eigenvalue weighted by Crippen LogP contribution is -2.08. The van der Waals surface area contributed by atoms with Gasteiger partial charge in [-0.05, 0) is 49.9 Å². The van der Waals surface area contributed by atoms with E-state index in [1.54, 1.807) is 12.1 Å². The summed E-state index contributed by atoms with van der Waals surface area (Å²) in [6.45, 7) is -2.82. The van der Waals surface area contributed by atoms with Crippen LogP contribution in [0.25, 0.3) is 0 Å². The third-order valence-electron chi connectivity index (χ3n) is 4.00. The molecule has 0 amide bonds. The number of rotatable bonds is 7. The second-order valence-electron chi connectivity index (χ2n) is 6.22. The molecule has 2 N–H and O–H groups in total. The maximum Gasteiger partial charge on any atom is 0.387 e. The zero-order chi connectivity index (χ0) is 16.5. The highest BCUT2D eigenvalue weighted by atomic mass is 19.3. The highest BCUT2D eigenvalue weighted by Crippen LogP contribution is 2.40. The van der Waals surface area contributed by atoms with E-state index in [0.29, 0.717) is 23.7 Å². The maximum atomic E-state index is 12.2. The first kappa shape index (κ1) is 15.1. The molecule has 1 aromatic carbocycles. The molecule has 1 heterocycles. The lowest BCUT2D eigenvalue weighted by molar-refractivity contribution is -0.0498. The van der Waals surface area contributed by atoms with E-state index in [2.05, 4.69) is 25.3 Å². The number of benzene rings is 1. The van der Waals surface area contributed by atoms with Gasteiger partial charge in [-0.15, -0.1) is 0 Å². The average molecular weight is 332 g/mol. The van der Waals surface area contributed by atoms with Crippen molar-refractivity contribution in [1.82, 2.24) is 9.97 Å². The predicted octanol–water partition coefficient (Wildman–Crippen LogP) is 4.27. The van der Waals surface area contributed by atoms with Gasteiger partial charge in [0.2, 0.25) is 5.95 Å². The normalized spacial score (nSPS) is 17.0. The minimum atomic E-state index is -2.82. The molecule has 0 bridgehead atoms. The highest BCUT2D eigenvalue weighted by molar-refractivity contribution is 5.59. The Morgan fingerprint density at radius 1 is 1.04 bits per heavy atom. The van der Waals surface area contributed by atoms with Crippen molar-refractivity contribution in [3.8, 4) is 5.75 Å². The summed E-state index contributed by atoms with van der Waals surface area (Å²) in [4.78, 5) is 9.10. The molecule has 2 fully saturated rings. The lowest BCUT2D eigenvalue weighted by Gasteiger charge is -2.11. The third-order valence-corrected chi connectivity index (χ3v) is 4.00. The van der Waals surface area contributed by atoms with E-state index in [0.717, 1.165) is 24.2 Å². The van der Waals surface area contributed by atoms with E-state index in [9.17, 15) is 8.78 Å². The number of halogens is 2. The Balaban J connectivity index is 1.51. The van der Waals surface area contributed by atoms with Gasteiger partial charge in [0, 0.05) is 23.7 Å². The molecule has 0 atom stereocenters. The van der Waals surface area contributed by atoms with E-state index in [1.165, 1.54) is 25.0 Å². The quantitative estimate of drug-likeness (QED) is 0.793. The topological polar surface area (TPSA) is 59.1 Å². The Labute approximate surface area is 138 Å². The molecule has 1 aromatic heterocycles. The van der Waals surface area contributed by atoms with E-state index in [4.69, 9.17) is 0 Å². The minimum absolute atomic E-state index is 0.132. The molecule has 2 aliphatic carbocycles. The standard InChI is InChI=1S/C17H18F2N4O/c18-16(19)24-13-7-5-11(6-8-13)20-15-9-14(10-1-2-10)22-17(23-15)21-12-3-4-12/h5-10,12,16H,1-4H2,(H2,20,21,22,23). The molecule has 0 aliphatic heterocycles. The Bertz CT molecular complexity index is 715. The number of ether oxygens (including phenoxy) is 1. The zero-order valence-corrected chi connectivity index (χ0v) is 13.0. The largest absolute Gasteiger partial charge is 0.435 e. The average Bonchev–Trinajstić information content (AvgIpc) is 3.43. The SMILES string of the molecule is FC(F)Oc1ccc(Nc2cc(C3CC3)nc(NC3CC3)n2)cc1. The van der Waals surface area contributed by atoms with Gasteiger partial charge >= 0.3 is 6.61 Å². The van der Waals surface area contributed by atoms with Crippen LogP contribution in [0.4, 0.5) is 26.2 Å². The molecular weight excluding hydrogens is 314 g/mol. The molecule has 4 rings (SSSR count). The van der Waals surface area contributed by atoms with Crippen molar-refractivity contribution in [3.05, 3.63) is 36.0 Å². The molecule has 0 spiro atoms. The van der Waals surface area contributed by atoms with E-state index in [-0.39, 0.29) is 5.75 Å². The second kappa shape index (κ2) is 6.22. The number of hydrogen-bond donors (Lipinski definition) is 2. The molecule has 2 saturated carbocycles. The van der Waals surface area contributed by atoms with Crippen molar-refractivity contribution in [2.75, 3.05) is 10.6 Å². The van der Waals surface area contributed by atoms with Crippen molar-refractivity contribution >= 4 is 17.5 Å². The van der Waals surface area contributed by atoms with Crippen LogP contribution in [0.3, 0.4) is 0 Å². The monoisotopic (exact) mass is 332 g/mol. The van der Waals surface area contributed by atoms with E-state index in [1.807, 2.05) is 6.07 Å². The van der Waals surface area contributed by atoms with Crippen molar-refractivity contribution < 1.29 is 13.5 Å². The van der Waals surface area contributed by atoms with Gasteiger partial charge in [0.1, 0.15) is 11.6 Å². The maximum absolute atomic E-state index is 12.2. The predicted molar refractivity (Wildman–Crippen MR) is 87.0 cm³/mol. The fourth-order valence-electron chi connectivity index (χ4n) is 2.46. The van der Waals surface area contributed by atoms with Gasteiger partial charge in [0.25, 0.3) is 0 Å². The summed E-state index contributed by atoms with van der Waals surface area (Å²) in [7, 11) is 0. The van der Waals surface area contributed by atoms with Crippen LogP contribution in [0.2, 0.25) is 0 Å². The molecule has 5 nitrogen and oxygen atoms in total.